The van der Waals surface area contributed by atoms with E-state index in [1.807, 2.05) is 24.4 Å². The second kappa shape index (κ2) is 10.6. The molecule has 1 N–H and O–H groups in total. The number of carbonyl (C=O) groups is 2. The minimum Gasteiger partial charge on any atom is -0.464 e. The molecule has 3 heterocycles. The summed E-state index contributed by atoms with van der Waals surface area (Å²) < 4.78 is 5.01. The summed E-state index contributed by atoms with van der Waals surface area (Å²) in [7, 11) is 1.36. The number of thioether (sulfide) groups is 1. The van der Waals surface area contributed by atoms with Crippen LogP contribution >= 0.6 is 11.8 Å². The zero-order valence-electron chi connectivity index (χ0n) is 21.7. The molecule has 1 unspecified atom stereocenters. The van der Waals surface area contributed by atoms with E-state index in [4.69, 9.17) is 4.74 Å². The predicted octanol–water partition coefficient (Wildman–Crippen LogP) is 5.46. The molecule has 4 aromatic rings. The van der Waals surface area contributed by atoms with Crippen LogP contribution in [0, 0.1) is 0 Å². The predicted molar refractivity (Wildman–Crippen MR) is 152 cm³/mol. The maximum Gasteiger partial charge on any atom is 0.355 e. The van der Waals surface area contributed by atoms with Gasteiger partial charge in [0.1, 0.15) is 5.70 Å². The molecule has 39 heavy (non-hydrogen) atoms. The lowest BCUT2D eigenvalue weighted by Gasteiger charge is -2.36. The molecule has 3 aromatic carbocycles. The number of nitrogens with one attached hydrogen (secondary N) is 1. The van der Waals surface area contributed by atoms with Crippen molar-refractivity contribution in [3.63, 3.8) is 0 Å². The zero-order chi connectivity index (χ0) is 26.8. The molecular weight excluding hydrogens is 506 g/mol. The molecule has 1 fully saturated rings. The molecule has 0 saturated carbocycles. The number of fused-ring (bicyclic) bond motifs is 1. The molecular formula is C32H29N3O3S. The number of hydrogen-bond acceptors (Lipinski definition) is 5. The summed E-state index contributed by atoms with van der Waals surface area (Å²) in [5.74, 6) is 0.283. The molecule has 0 aliphatic carbocycles. The van der Waals surface area contributed by atoms with Gasteiger partial charge in [-0.3, -0.25) is 9.89 Å². The highest BCUT2D eigenvalue weighted by Crippen LogP contribution is 2.47. The van der Waals surface area contributed by atoms with Crippen molar-refractivity contribution in [2.24, 2.45) is 0 Å². The van der Waals surface area contributed by atoms with Gasteiger partial charge in [0.15, 0.2) is 0 Å². The van der Waals surface area contributed by atoms with Crippen molar-refractivity contribution in [3.05, 3.63) is 136 Å². The third-order valence-electron chi connectivity index (χ3n) is 7.72. The smallest absolute Gasteiger partial charge is 0.355 e. The van der Waals surface area contributed by atoms with Crippen molar-refractivity contribution in [2.75, 3.05) is 12.9 Å². The Morgan fingerprint density at radius 3 is 2.03 bits per heavy atom. The van der Waals surface area contributed by atoms with Gasteiger partial charge in [0.05, 0.1) is 24.8 Å². The van der Waals surface area contributed by atoms with Crippen molar-refractivity contribution in [2.45, 2.75) is 30.7 Å². The molecule has 6 rings (SSSR count). The highest BCUT2D eigenvalue weighted by Gasteiger charge is 2.48. The summed E-state index contributed by atoms with van der Waals surface area (Å²) in [5.41, 5.74) is 5.46. The van der Waals surface area contributed by atoms with Crippen LogP contribution in [0.25, 0.3) is 0 Å². The summed E-state index contributed by atoms with van der Waals surface area (Å²) in [4.78, 5) is 27.2. The molecule has 7 heteroatoms. The Hall–Kier alpha value is -4.10. The number of H-pyrrole nitrogens is 1. The lowest BCUT2D eigenvalue weighted by molar-refractivity contribution is -0.148. The molecule has 1 atom stereocenters. The van der Waals surface area contributed by atoms with Crippen LogP contribution in [0.5, 0.6) is 0 Å². The van der Waals surface area contributed by atoms with Gasteiger partial charge in [0.25, 0.3) is 0 Å². The van der Waals surface area contributed by atoms with Crippen LogP contribution in [0.15, 0.2) is 108 Å². The fraction of sp³-hybridized carbons (Fsp3) is 0.219. The number of benzene rings is 3. The average Bonchev–Trinajstić information content (AvgIpc) is 3.57. The van der Waals surface area contributed by atoms with Gasteiger partial charge >= 0.3 is 5.97 Å². The monoisotopic (exact) mass is 535 g/mol. The van der Waals surface area contributed by atoms with Crippen LogP contribution in [0.1, 0.15) is 40.8 Å². The van der Waals surface area contributed by atoms with Gasteiger partial charge < -0.3 is 9.64 Å². The van der Waals surface area contributed by atoms with Crippen molar-refractivity contribution < 1.29 is 14.3 Å². The number of aromatic nitrogens is 2. The number of hydrogen-bond donors (Lipinski definition) is 1. The number of amides is 1. The number of ether oxygens (including phenoxy) is 1. The first-order valence-electron chi connectivity index (χ1n) is 13.1. The van der Waals surface area contributed by atoms with Crippen molar-refractivity contribution in [3.8, 4) is 0 Å². The second-order valence-electron chi connectivity index (χ2n) is 9.80. The number of carbonyl (C=O) groups excluding carboxylic acids is 2. The maximum absolute atomic E-state index is 12.5. The van der Waals surface area contributed by atoms with Crippen LogP contribution in [0.4, 0.5) is 0 Å². The van der Waals surface area contributed by atoms with E-state index in [1.54, 1.807) is 16.7 Å². The molecule has 6 nitrogen and oxygen atoms in total. The Morgan fingerprint density at radius 2 is 1.51 bits per heavy atom. The lowest BCUT2D eigenvalue weighted by atomic mass is 9.65. The zero-order valence-corrected chi connectivity index (χ0v) is 22.5. The largest absolute Gasteiger partial charge is 0.464 e. The van der Waals surface area contributed by atoms with Gasteiger partial charge in [-0.1, -0.05) is 91.0 Å². The molecule has 2 aliphatic rings. The topological polar surface area (TPSA) is 75.3 Å². The number of β-lactam (4-membered cyclic amide) rings is 1. The molecule has 0 bridgehead atoms. The number of esters is 1. The second-order valence-corrected chi connectivity index (χ2v) is 11.0. The van der Waals surface area contributed by atoms with Gasteiger partial charge in [-0.2, -0.15) is 5.10 Å². The molecule has 0 spiro atoms. The van der Waals surface area contributed by atoms with E-state index in [9.17, 15) is 9.59 Å². The van der Waals surface area contributed by atoms with E-state index < -0.39 is 11.4 Å². The Labute approximate surface area is 232 Å². The van der Waals surface area contributed by atoms with E-state index in [0.717, 1.165) is 38.6 Å². The van der Waals surface area contributed by atoms with Gasteiger partial charge in [-0.25, -0.2) is 4.79 Å². The van der Waals surface area contributed by atoms with E-state index >= 15 is 0 Å². The molecule has 196 valence electrons. The minimum atomic E-state index is -0.572. The van der Waals surface area contributed by atoms with Gasteiger partial charge in [0.2, 0.25) is 5.91 Å². The molecule has 1 aromatic heterocycles. The van der Waals surface area contributed by atoms with Crippen LogP contribution in [-0.2, 0) is 26.2 Å². The average molecular weight is 536 g/mol. The van der Waals surface area contributed by atoms with Gasteiger partial charge in [0, 0.05) is 34.8 Å². The van der Waals surface area contributed by atoms with Crippen LogP contribution < -0.4 is 0 Å². The summed E-state index contributed by atoms with van der Waals surface area (Å²) >= 11 is 1.63. The molecule has 0 radical (unpaired) electrons. The Morgan fingerprint density at radius 1 is 0.949 bits per heavy atom. The normalized spacial score (nSPS) is 16.7. The summed E-state index contributed by atoms with van der Waals surface area (Å²) in [6.07, 6.45) is 3.86. The standard InChI is InChI=1S/C32H29N3O3S/c1-38-31(37)30-28(19-25-20-29(36)35(25)30)39-18-17-27-26(21-33-34-27)32(22-11-5-2-6-12-22,23-13-7-3-8-14-23)24-15-9-4-10-16-24/h2-16,21,25H,17-20H2,1H3,(H,33,34). The Bertz CT molecular complexity index is 1420. The van der Waals surface area contributed by atoms with Crippen LogP contribution in [0.3, 0.4) is 0 Å². The molecule has 1 saturated heterocycles. The van der Waals surface area contributed by atoms with Crippen LogP contribution in [0.2, 0.25) is 0 Å². The first-order valence-corrected chi connectivity index (χ1v) is 14.1. The first-order chi connectivity index (χ1) is 19.1. The summed E-state index contributed by atoms with van der Waals surface area (Å²) in [6, 6.07) is 31.8. The summed E-state index contributed by atoms with van der Waals surface area (Å²) in [5, 5.41) is 7.83. The number of methoxy groups -OCH3 is 1. The molecule has 1 amide bonds. The van der Waals surface area contributed by atoms with Crippen molar-refractivity contribution >= 4 is 23.6 Å². The first kappa shape index (κ1) is 25.2. The van der Waals surface area contributed by atoms with Gasteiger partial charge in [-0.15, -0.1) is 11.8 Å². The number of rotatable bonds is 9. The number of aromatic amines is 1. The highest BCUT2D eigenvalue weighted by molar-refractivity contribution is 8.03. The van der Waals surface area contributed by atoms with Crippen molar-refractivity contribution in [1.82, 2.24) is 15.1 Å². The van der Waals surface area contributed by atoms with Crippen molar-refractivity contribution in [1.29, 1.82) is 0 Å². The van der Waals surface area contributed by atoms with Crippen LogP contribution in [-0.4, -0.2) is 45.9 Å². The maximum atomic E-state index is 12.5. The quantitative estimate of drug-likeness (QED) is 0.175. The third-order valence-corrected chi connectivity index (χ3v) is 8.84. The van der Waals surface area contributed by atoms with E-state index in [-0.39, 0.29) is 11.9 Å². The minimum absolute atomic E-state index is 0.00905. The van der Waals surface area contributed by atoms with Gasteiger partial charge in [-0.05, 0) is 23.1 Å². The Balaban J connectivity index is 1.39. The third kappa shape index (κ3) is 4.27. The number of aryl methyl sites for hydroxylation is 1. The van der Waals surface area contributed by atoms with E-state index in [2.05, 4.69) is 83.0 Å². The van der Waals surface area contributed by atoms with E-state index in [1.165, 1.54) is 7.11 Å². The Kier molecular flexibility index (Phi) is 6.83. The highest BCUT2D eigenvalue weighted by atomic mass is 32.2. The fourth-order valence-corrected chi connectivity index (χ4v) is 7.15. The number of nitrogens with zero attached hydrogens (tertiary/aromatic N) is 2. The lowest BCUT2D eigenvalue weighted by Crippen LogP contribution is -2.49. The molecule has 2 aliphatic heterocycles. The fourth-order valence-electron chi connectivity index (χ4n) is 5.97. The van der Waals surface area contributed by atoms with E-state index in [0.29, 0.717) is 25.0 Å². The SMILES string of the molecule is COC(=O)C1=C(SCCc2[nH]ncc2C(c2ccccc2)(c2ccccc2)c2ccccc2)CC2CC(=O)N12. The summed E-state index contributed by atoms with van der Waals surface area (Å²) in [6.45, 7) is 0.